The number of allylic oxidation sites excluding steroid dienone is 1. The number of para-hydroxylation sites is 1. The molecule has 5 fully saturated rings. The molecule has 15 nitrogen and oxygen atoms in total. The normalized spacial score (nSPS) is 23.6. The number of piperidine rings is 3. The van der Waals surface area contributed by atoms with E-state index in [1.165, 1.54) is 5.69 Å². The lowest BCUT2D eigenvalue weighted by Crippen LogP contribution is -2.54. The number of anilines is 3. The zero-order chi connectivity index (χ0) is 43.1. The number of hydrazine groups is 1. The number of hydrogen-bond donors (Lipinski definition) is 4. The number of hydrogen-bond acceptors (Lipinski definition) is 12. The Kier molecular flexibility index (Phi) is 11.4. The third-order valence-corrected chi connectivity index (χ3v) is 13.9. The number of ether oxygens (including phenoxy) is 1. The highest BCUT2D eigenvalue weighted by molar-refractivity contribution is 6.01. The van der Waals surface area contributed by atoms with Crippen molar-refractivity contribution in [3.05, 3.63) is 96.0 Å². The fraction of sp³-hybridized carbons (Fsp3) is 0.468. The van der Waals surface area contributed by atoms with Crippen molar-refractivity contribution in [3.63, 3.8) is 0 Å². The van der Waals surface area contributed by atoms with E-state index in [2.05, 4.69) is 61.9 Å². The Morgan fingerprint density at radius 1 is 0.823 bits per heavy atom. The number of likely N-dealkylation sites (tertiary alicyclic amines) is 2. The van der Waals surface area contributed by atoms with Crippen molar-refractivity contribution in [2.45, 2.75) is 81.6 Å². The average Bonchev–Trinajstić information content (AvgIpc) is 3.55. The van der Waals surface area contributed by atoms with Gasteiger partial charge in [-0.05, 0) is 80.6 Å². The number of nitrogens with one attached hydrogen (secondary N) is 2. The van der Waals surface area contributed by atoms with Gasteiger partial charge in [-0.15, -0.1) is 0 Å². The van der Waals surface area contributed by atoms with E-state index in [-0.39, 0.29) is 41.8 Å². The third kappa shape index (κ3) is 8.24. The third-order valence-electron chi connectivity index (χ3n) is 13.9. The predicted molar refractivity (Wildman–Crippen MR) is 240 cm³/mol. The number of benzene rings is 3. The Labute approximate surface area is 364 Å². The van der Waals surface area contributed by atoms with Gasteiger partial charge >= 0.3 is 6.03 Å². The molecule has 328 valence electrons. The molecule has 4 amide bonds. The Bertz CT molecular complexity index is 2220. The Morgan fingerprint density at radius 3 is 2.26 bits per heavy atom. The smallest absolute Gasteiger partial charge is 0.319 e. The van der Waals surface area contributed by atoms with E-state index >= 15 is 0 Å². The van der Waals surface area contributed by atoms with Gasteiger partial charge in [0.15, 0.2) is 0 Å². The van der Waals surface area contributed by atoms with E-state index in [0.717, 1.165) is 98.8 Å². The first-order chi connectivity index (χ1) is 30.0. The number of nitrogens with zero attached hydrogens (tertiary/aromatic N) is 7. The molecule has 2 bridgehead atoms. The number of likely N-dealkylation sites (N-methyl/N-ethyl adjacent to an activating group) is 1. The molecule has 0 spiro atoms. The van der Waals surface area contributed by atoms with Crippen molar-refractivity contribution in [2.24, 2.45) is 5.73 Å². The number of amides is 4. The molecule has 0 radical (unpaired) electrons. The summed E-state index contributed by atoms with van der Waals surface area (Å²) in [5.74, 6) is 1.25. The predicted octanol–water partition coefficient (Wildman–Crippen LogP) is 4.47. The molecule has 6 heterocycles. The van der Waals surface area contributed by atoms with Gasteiger partial charge in [-0.25, -0.2) is 4.79 Å². The van der Waals surface area contributed by atoms with Crippen LogP contribution in [0.5, 0.6) is 11.5 Å². The van der Waals surface area contributed by atoms with E-state index < -0.39 is 0 Å². The average molecular weight is 845 g/mol. The van der Waals surface area contributed by atoms with Gasteiger partial charge in [0.05, 0.1) is 11.4 Å². The molecule has 0 aliphatic carbocycles. The lowest BCUT2D eigenvalue weighted by Gasteiger charge is -2.45. The SMILES string of the molecule is CN1NC(N)=C(N2C[C@H]3CC[C@@H](C2)N3c2cccc(OC3CCN(C(=O)N(C)C4CCN(c5cccc(N(C)C6CCC(=O)NC6=O)c5)CC4)CC3)c2)C=C1c1ccccc1O. The first-order valence-corrected chi connectivity index (χ1v) is 22.2. The highest BCUT2D eigenvalue weighted by Gasteiger charge is 2.42. The molecule has 3 aromatic rings. The number of piperazine rings is 1. The van der Waals surface area contributed by atoms with Crippen LogP contribution in [0.3, 0.4) is 0 Å². The second kappa shape index (κ2) is 17.3. The molecule has 5 N–H and O–H groups in total. The Morgan fingerprint density at radius 2 is 1.53 bits per heavy atom. The largest absolute Gasteiger partial charge is 0.507 e. The number of urea groups is 1. The number of phenols is 1. The molecule has 15 heteroatoms. The van der Waals surface area contributed by atoms with Crippen LogP contribution in [0.1, 0.15) is 56.9 Å². The number of imide groups is 1. The molecule has 5 saturated heterocycles. The number of aromatic hydroxyl groups is 1. The number of carbonyl (C=O) groups excluding carboxylic acids is 3. The van der Waals surface area contributed by atoms with Crippen LogP contribution in [0.15, 0.2) is 90.4 Å². The van der Waals surface area contributed by atoms with Gasteiger partial charge in [0.25, 0.3) is 0 Å². The van der Waals surface area contributed by atoms with Crippen molar-refractivity contribution >= 4 is 40.6 Å². The summed E-state index contributed by atoms with van der Waals surface area (Å²) in [4.78, 5) is 51.1. The van der Waals surface area contributed by atoms with Crippen molar-refractivity contribution in [3.8, 4) is 11.5 Å². The molecule has 6 aliphatic heterocycles. The molecular formula is C47H60N10O5. The lowest BCUT2D eigenvalue weighted by molar-refractivity contribution is -0.134. The van der Waals surface area contributed by atoms with E-state index in [1.807, 2.05) is 77.2 Å². The number of rotatable bonds is 9. The summed E-state index contributed by atoms with van der Waals surface area (Å²) in [7, 11) is 5.76. The van der Waals surface area contributed by atoms with E-state index in [1.54, 1.807) is 6.07 Å². The summed E-state index contributed by atoms with van der Waals surface area (Å²) >= 11 is 0. The van der Waals surface area contributed by atoms with Gasteiger partial charge in [-0.3, -0.25) is 25.3 Å². The molecule has 3 atom stereocenters. The van der Waals surface area contributed by atoms with Crippen LogP contribution in [-0.2, 0) is 9.59 Å². The molecule has 9 rings (SSSR count). The molecule has 3 aromatic carbocycles. The number of carbonyl (C=O) groups is 3. The fourth-order valence-corrected chi connectivity index (χ4v) is 10.4. The van der Waals surface area contributed by atoms with Crippen LogP contribution >= 0.6 is 0 Å². The van der Waals surface area contributed by atoms with Crippen molar-refractivity contribution in [1.82, 2.24) is 30.5 Å². The van der Waals surface area contributed by atoms with E-state index in [4.69, 9.17) is 10.5 Å². The van der Waals surface area contributed by atoms with Crippen LogP contribution in [0.4, 0.5) is 21.9 Å². The fourth-order valence-electron chi connectivity index (χ4n) is 10.4. The summed E-state index contributed by atoms with van der Waals surface area (Å²) in [6, 6.07) is 24.7. The lowest BCUT2D eigenvalue weighted by atomic mass is 10.0. The second-order valence-electron chi connectivity index (χ2n) is 17.7. The highest BCUT2D eigenvalue weighted by atomic mass is 16.5. The van der Waals surface area contributed by atoms with Gasteiger partial charge in [-0.2, -0.15) is 0 Å². The molecule has 0 aromatic heterocycles. The number of fused-ring (bicyclic) bond motifs is 2. The second-order valence-corrected chi connectivity index (χ2v) is 17.7. The highest BCUT2D eigenvalue weighted by Crippen LogP contribution is 2.39. The summed E-state index contributed by atoms with van der Waals surface area (Å²) in [5, 5.41) is 14.9. The van der Waals surface area contributed by atoms with Gasteiger partial charge in [-0.1, -0.05) is 24.3 Å². The van der Waals surface area contributed by atoms with Crippen LogP contribution in [0.2, 0.25) is 0 Å². The summed E-state index contributed by atoms with van der Waals surface area (Å²) in [6.45, 7) is 4.68. The maximum absolute atomic E-state index is 13.8. The standard InChI is InChI=1S/C47H60N10O5/c1-51(40-16-17-44(59)49-46(40)60)32-8-6-9-33(26-32)54-22-18-31(19-23-54)52(2)47(61)55-24-20-37(21-25-55)62-38-11-7-10-34(27-38)57-35-14-15-36(57)30-56(29-35)42-28-41(53(3)50-45(42)48)39-12-4-5-13-43(39)58/h4-13,26-28,31,35-37,40,50,58H,14-25,29-30,48H2,1-3H3,(H,49,59,60)/t35-,36+,40?. The van der Waals surface area contributed by atoms with Gasteiger partial charge in [0.1, 0.15) is 29.5 Å². The van der Waals surface area contributed by atoms with Crippen molar-refractivity contribution < 1.29 is 24.2 Å². The minimum absolute atomic E-state index is 0.0399. The number of phenolic OH excluding ortho intramolecular Hbond substituents is 1. The molecular weight excluding hydrogens is 785 g/mol. The van der Waals surface area contributed by atoms with Gasteiger partial charge in [0, 0.05) is 126 Å². The minimum Gasteiger partial charge on any atom is -0.507 e. The van der Waals surface area contributed by atoms with Crippen LogP contribution < -0.4 is 35.9 Å². The van der Waals surface area contributed by atoms with E-state index in [9.17, 15) is 19.5 Å². The van der Waals surface area contributed by atoms with Crippen molar-refractivity contribution in [2.75, 3.05) is 75.1 Å². The van der Waals surface area contributed by atoms with Gasteiger partial charge < -0.3 is 45.0 Å². The molecule has 6 aliphatic rings. The zero-order valence-corrected chi connectivity index (χ0v) is 36.1. The first kappa shape index (κ1) is 41.1. The minimum atomic E-state index is -0.372. The Hall–Kier alpha value is -6.25. The summed E-state index contributed by atoms with van der Waals surface area (Å²) < 4.78 is 6.61. The zero-order valence-electron chi connectivity index (χ0n) is 36.1. The van der Waals surface area contributed by atoms with Crippen LogP contribution in [0, 0.1) is 0 Å². The van der Waals surface area contributed by atoms with E-state index in [0.29, 0.717) is 43.8 Å². The summed E-state index contributed by atoms with van der Waals surface area (Å²) in [5.41, 5.74) is 15.7. The summed E-state index contributed by atoms with van der Waals surface area (Å²) in [6.07, 6.45) is 8.50. The first-order valence-electron chi connectivity index (χ1n) is 22.2. The topological polar surface area (TPSA) is 153 Å². The monoisotopic (exact) mass is 844 g/mol. The maximum atomic E-state index is 13.8. The quantitative estimate of drug-likeness (QED) is 0.225. The number of nitrogens with two attached hydrogens (primary N) is 1. The maximum Gasteiger partial charge on any atom is 0.319 e. The van der Waals surface area contributed by atoms with Crippen LogP contribution in [0.25, 0.3) is 5.70 Å². The van der Waals surface area contributed by atoms with Crippen LogP contribution in [-0.4, -0.2) is 133 Å². The van der Waals surface area contributed by atoms with Crippen molar-refractivity contribution in [1.29, 1.82) is 0 Å². The van der Waals surface area contributed by atoms with Gasteiger partial charge in [0.2, 0.25) is 11.8 Å². The molecule has 1 unspecified atom stereocenters. The molecule has 62 heavy (non-hydrogen) atoms. The molecule has 0 saturated carbocycles. The Balaban J connectivity index is 0.754.